The molecule has 0 aliphatic heterocycles. The molecule has 0 aliphatic rings. The number of aromatic nitrogens is 1. The fourth-order valence-corrected chi connectivity index (χ4v) is 9.95. The second-order valence-corrected chi connectivity index (χ2v) is 14.1. The number of aromatic amines is 1. The Hall–Kier alpha value is -1.79. The predicted molar refractivity (Wildman–Crippen MR) is 117 cm³/mol. The third-order valence-electron chi connectivity index (χ3n) is 5.95. The van der Waals surface area contributed by atoms with Crippen LogP contribution >= 0.6 is 0 Å². The maximum absolute atomic E-state index is 11.2. The summed E-state index contributed by atoms with van der Waals surface area (Å²) in [6.07, 6.45) is 0.424. The van der Waals surface area contributed by atoms with Crippen LogP contribution in [0.5, 0.6) is 5.75 Å². The van der Waals surface area contributed by atoms with E-state index in [0.717, 1.165) is 22.3 Å². The van der Waals surface area contributed by atoms with Crippen LogP contribution in [0.2, 0.25) is 16.6 Å². The van der Waals surface area contributed by atoms with E-state index in [1.165, 1.54) is 0 Å². The van der Waals surface area contributed by atoms with Gasteiger partial charge in [-0.2, -0.15) is 0 Å². The molecule has 2 aromatic rings. The number of aliphatic hydroxyl groups excluding tert-OH is 1. The zero-order chi connectivity index (χ0) is 21.1. The van der Waals surface area contributed by atoms with E-state index in [1.807, 2.05) is 18.2 Å². The molecule has 1 aromatic heterocycles. The molecule has 0 fully saturated rings. The number of rotatable bonds is 10. The zero-order valence-electron chi connectivity index (χ0n) is 18.0. The van der Waals surface area contributed by atoms with Crippen molar-refractivity contribution in [2.24, 2.45) is 0 Å². The smallest absolute Gasteiger partial charge is 0.304 e. The highest BCUT2D eigenvalue weighted by molar-refractivity contribution is 6.78. The highest BCUT2D eigenvalue weighted by Crippen LogP contribution is 2.43. The third kappa shape index (κ3) is 4.61. The molecule has 0 saturated carbocycles. The van der Waals surface area contributed by atoms with E-state index >= 15 is 0 Å². The molecule has 0 bridgehead atoms. The fourth-order valence-electron chi connectivity index (χ4n) is 4.71. The van der Waals surface area contributed by atoms with E-state index in [2.05, 4.69) is 52.6 Å². The van der Waals surface area contributed by atoms with Gasteiger partial charge in [0.25, 0.3) is 8.32 Å². The quantitative estimate of drug-likeness (QED) is 0.445. The Balaban J connectivity index is 2.39. The van der Waals surface area contributed by atoms with Gasteiger partial charge in [0.05, 0.1) is 6.42 Å². The number of benzene rings is 1. The standard InChI is InChI=1S/C22H35NO4Si/c1-14(2)28(15(3)4,16(5)6)27-19-7-8-20-18(11-19)12-21(23-20)17(9-10-24)13-22(25)26/h7-8,11-12,14-17,23-24H,9-10,13H2,1-6H3,(H,25,26). The molecule has 6 heteroatoms. The van der Waals surface area contributed by atoms with E-state index in [-0.39, 0.29) is 18.9 Å². The number of fused-ring (bicyclic) bond motifs is 1. The van der Waals surface area contributed by atoms with Gasteiger partial charge in [0.15, 0.2) is 0 Å². The average molecular weight is 406 g/mol. The monoisotopic (exact) mass is 405 g/mol. The van der Waals surface area contributed by atoms with Crippen LogP contribution in [-0.2, 0) is 4.79 Å². The molecule has 28 heavy (non-hydrogen) atoms. The number of aliphatic hydroxyl groups is 1. The Morgan fingerprint density at radius 3 is 2.18 bits per heavy atom. The third-order valence-corrected chi connectivity index (χ3v) is 12.0. The van der Waals surface area contributed by atoms with Crippen molar-refractivity contribution in [2.45, 2.75) is 76.9 Å². The molecular weight excluding hydrogens is 370 g/mol. The second kappa shape index (κ2) is 9.14. The van der Waals surface area contributed by atoms with E-state index in [1.54, 1.807) is 0 Å². The van der Waals surface area contributed by atoms with Gasteiger partial charge in [0, 0.05) is 29.1 Å². The molecule has 0 spiro atoms. The van der Waals surface area contributed by atoms with Crippen molar-refractivity contribution in [3.63, 3.8) is 0 Å². The molecule has 5 nitrogen and oxygen atoms in total. The summed E-state index contributed by atoms with van der Waals surface area (Å²) in [5, 5.41) is 19.5. The maximum atomic E-state index is 11.2. The summed E-state index contributed by atoms with van der Waals surface area (Å²) in [4.78, 5) is 14.5. The van der Waals surface area contributed by atoms with E-state index < -0.39 is 14.3 Å². The molecule has 1 heterocycles. The van der Waals surface area contributed by atoms with Crippen LogP contribution < -0.4 is 4.43 Å². The Morgan fingerprint density at radius 1 is 1.07 bits per heavy atom. The van der Waals surface area contributed by atoms with Gasteiger partial charge in [0.2, 0.25) is 0 Å². The summed E-state index contributed by atoms with van der Waals surface area (Å²) < 4.78 is 6.77. The van der Waals surface area contributed by atoms with Crippen LogP contribution in [0.4, 0.5) is 0 Å². The van der Waals surface area contributed by atoms with Gasteiger partial charge in [-0.1, -0.05) is 41.5 Å². The second-order valence-electron chi connectivity index (χ2n) is 8.70. The van der Waals surface area contributed by atoms with E-state index in [9.17, 15) is 9.90 Å². The number of aliphatic carboxylic acids is 1. The number of carbonyl (C=O) groups is 1. The lowest BCUT2D eigenvalue weighted by Gasteiger charge is -2.42. The lowest BCUT2D eigenvalue weighted by molar-refractivity contribution is -0.137. The van der Waals surface area contributed by atoms with Gasteiger partial charge in [-0.3, -0.25) is 4.79 Å². The van der Waals surface area contributed by atoms with E-state index in [0.29, 0.717) is 23.0 Å². The molecule has 0 aliphatic carbocycles. The van der Waals surface area contributed by atoms with Gasteiger partial charge in [-0.25, -0.2) is 0 Å². The Morgan fingerprint density at radius 2 is 1.68 bits per heavy atom. The molecule has 2 rings (SSSR count). The Kier molecular flexibility index (Phi) is 7.34. The topological polar surface area (TPSA) is 82.5 Å². The molecular formula is C22H35NO4Si. The summed E-state index contributed by atoms with van der Waals surface area (Å²) in [5.41, 5.74) is 3.30. The summed E-state index contributed by atoms with van der Waals surface area (Å²) in [6.45, 7) is 13.6. The van der Waals surface area contributed by atoms with Gasteiger partial charge in [-0.15, -0.1) is 0 Å². The normalized spacial score (nSPS) is 13.6. The lowest BCUT2D eigenvalue weighted by atomic mass is 9.98. The fraction of sp³-hybridized carbons (Fsp3) is 0.591. The first-order valence-electron chi connectivity index (χ1n) is 10.3. The zero-order valence-corrected chi connectivity index (χ0v) is 19.0. The lowest BCUT2D eigenvalue weighted by Crippen LogP contribution is -2.50. The summed E-state index contributed by atoms with van der Waals surface area (Å²) in [5.74, 6) is -0.199. The molecule has 3 N–H and O–H groups in total. The number of carboxylic acids is 1. The van der Waals surface area contributed by atoms with Crippen molar-refractivity contribution in [1.29, 1.82) is 0 Å². The number of hydrogen-bond acceptors (Lipinski definition) is 3. The van der Waals surface area contributed by atoms with Crippen molar-refractivity contribution in [3.8, 4) is 5.75 Å². The van der Waals surface area contributed by atoms with Crippen molar-refractivity contribution in [2.75, 3.05) is 6.61 Å². The van der Waals surface area contributed by atoms with Crippen molar-refractivity contribution < 1.29 is 19.4 Å². The Labute approximate surface area is 169 Å². The predicted octanol–water partition coefficient (Wildman–Crippen LogP) is 5.66. The van der Waals surface area contributed by atoms with Crippen LogP contribution in [0.15, 0.2) is 24.3 Å². The number of nitrogens with one attached hydrogen (secondary N) is 1. The minimum atomic E-state index is -2.03. The molecule has 0 saturated heterocycles. The largest absolute Gasteiger partial charge is 0.543 e. The first-order valence-corrected chi connectivity index (χ1v) is 12.4. The Bertz CT molecular complexity index is 775. The van der Waals surface area contributed by atoms with Crippen LogP contribution in [-0.4, -0.2) is 36.1 Å². The maximum Gasteiger partial charge on any atom is 0.304 e. The minimum Gasteiger partial charge on any atom is -0.543 e. The number of hydrogen-bond donors (Lipinski definition) is 3. The van der Waals surface area contributed by atoms with E-state index in [4.69, 9.17) is 9.53 Å². The SMILES string of the molecule is CC(C)[Si](Oc1ccc2[nH]c(C(CCO)CC(=O)O)cc2c1)(C(C)C)C(C)C. The average Bonchev–Trinajstić information content (AvgIpc) is 3.01. The van der Waals surface area contributed by atoms with Gasteiger partial charge < -0.3 is 19.6 Å². The summed E-state index contributed by atoms with van der Waals surface area (Å²) in [6, 6.07) is 8.07. The first-order chi connectivity index (χ1) is 13.1. The van der Waals surface area contributed by atoms with Gasteiger partial charge >= 0.3 is 5.97 Å². The van der Waals surface area contributed by atoms with Crippen molar-refractivity contribution >= 4 is 25.2 Å². The number of H-pyrrole nitrogens is 1. The highest BCUT2D eigenvalue weighted by Gasteiger charge is 2.47. The van der Waals surface area contributed by atoms with Crippen LogP contribution in [0.25, 0.3) is 10.9 Å². The molecule has 0 radical (unpaired) electrons. The summed E-state index contributed by atoms with van der Waals surface area (Å²) >= 11 is 0. The molecule has 1 atom stereocenters. The molecule has 156 valence electrons. The van der Waals surface area contributed by atoms with Crippen LogP contribution in [0.1, 0.15) is 66.0 Å². The number of carboxylic acid groups (broad SMARTS) is 1. The van der Waals surface area contributed by atoms with Gasteiger partial charge in [0.1, 0.15) is 5.75 Å². The molecule has 1 unspecified atom stereocenters. The molecule has 1 aromatic carbocycles. The van der Waals surface area contributed by atoms with Crippen molar-refractivity contribution in [1.82, 2.24) is 4.98 Å². The van der Waals surface area contributed by atoms with Crippen molar-refractivity contribution in [3.05, 3.63) is 30.0 Å². The van der Waals surface area contributed by atoms with Crippen LogP contribution in [0.3, 0.4) is 0 Å². The minimum absolute atomic E-state index is 0.000806. The van der Waals surface area contributed by atoms with Gasteiger partial charge in [-0.05, 0) is 47.3 Å². The highest BCUT2D eigenvalue weighted by atomic mass is 28.4. The summed E-state index contributed by atoms with van der Waals surface area (Å²) in [7, 11) is -2.03. The molecule has 0 amide bonds. The van der Waals surface area contributed by atoms with Crippen LogP contribution in [0, 0.1) is 0 Å². The first kappa shape index (κ1) is 22.5.